The number of aryl methyl sites for hydroxylation is 1. The molecule has 138 valence electrons. The fourth-order valence-corrected chi connectivity index (χ4v) is 3.30. The summed E-state index contributed by atoms with van der Waals surface area (Å²) < 4.78 is 5.31. The average Bonchev–Trinajstić information content (AvgIpc) is 2.91. The van der Waals surface area contributed by atoms with Crippen LogP contribution in [0, 0.1) is 6.92 Å². The van der Waals surface area contributed by atoms with Crippen molar-refractivity contribution >= 4 is 17.4 Å². The number of amides is 1. The zero-order valence-corrected chi connectivity index (χ0v) is 15.4. The number of carbonyl (C=O) groups excluding carboxylic acids is 1. The third-order valence-corrected chi connectivity index (χ3v) is 4.71. The van der Waals surface area contributed by atoms with E-state index in [2.05, 4.69) is 20.6 Å². The monoisotopic (exact) mass is 354 g/mol. The lowest BCUT2D eigenvalue weighted by Crippen LogP contribution is -2.20. The van der Waals surface area contributed by atoms with Gasteiger partial charge in [0.1, 0.15) is 23.6 Å². The summed E-state index contributed by atoms with van der Waals surface area (Å²) in [6.07, 6.45) is 8.80. The fraction of sp³-hybridized carbons (Fsp3) is 0.450. The molecule has 0 aliphatic heterocycles. The van der Waals surface area contributed by atoms with Crippen LogP contribution in [0.4, 0.5) is 11.5 Å². The van der Waals surface area contributed by atoms with Gasteiger partial charge in [0.2, 0.25) is 0 Å². The third-order valence-electron chi connectivity index (χ3n) is 4.71. The van der Waals surface area contributed by atoms with E-state index < -0.39 is 0 Å². The van der Waals surface area contributed by atoms with Crippen molar-refractivity contribution in [3.05, 3.63) is 41.9 Å². The molecule has 6 heteroatoms. The summed E-state index contributed by atoms with van der Waals surface area (Å²) in [5, 5.41) is 6.33. The number of methoxy groups -OCH3 is 1. The number of hydrogen-bond acceptors (Lipinski definition) is 5. The van der Waals surface area contributed by atoms with E-state index in [1.807, 2.05) is 25.1 Å². The molecule has 1 saturated carbocycles. The first-order valence-electron chi connectivity index (χ1n) is 9.20. The molecule has 0 atom stereocenters. The number of nitrogens with one attached hydrogen (secondary N) is 2. The zero-order valence-electron chi connectivity index (χ0n) is 15.4. The maximum absolute atomic E-state index is 12.6. The zero-order chi connectivity index (χ0) is 18.4. The lowest BCUT2D eigenvalue weighted by atomic mass is 10.1. The molecule has 2 N–H and O–H groups in total. The second kappa shape index (κ2) is 8.65. The Balaban J connectivity index is 1.71. The van der Waals surface area contributed by atoms with E-state index >= 15 is 0 Å². The van der Waals surface area contributed by atoms with E-state index in [0.717, 1.165) is 18.4 Å². The first kappa shape index (κ1) is 18.2. The number of carbonyl (C=O) groups is 1. The highest BCUT2D eigenvalue weighted by Crippen LogP contribution is 2.26. The van der Waals surface area contributed by atoms with E-state index in [0.29, 0.717) is 29.0 Å². The number of hydrogen-bond donors (Lipinski definition) is 2. The van der Waals surface area contributed by atoms with Gasteiger partial charge in [0, 0.05) is 12.1 Å². The van der Waals surface area contributed by atoms with Crippen LogP contribution >= 0.6 is 0 Å². The molecule has 3 rings (SSSR count). The fourth-order valence-electron chi connectivity index (χ4n) is 3.30. The average molecular weight is 354 g/mol. The minimum absolute atomic E-state index is 0.278. The van der Waals surface area contributed by atoms with Crippen molar-refractivity contribution in [2.24, 2.45) is 0 Å². The second-order valence-corrected chi connectivity index (χ2v) is 6.78. The Kier molecular flexibility index (Phi) is 6.04. The van der Waals surface area contributed by atoms with Gasteiger partial charge in [0.05, 0.1) is 12.8 Å². The molecule has 0 radical (unpaired) electrons. The molecule has 26 heavy (non-hydrogen) atoms. The number of rotatable bonds is 5. The van der Waals surface area contributed by atoms with Crippen LogP contribution in [0.15, 0.2) is 30.6 Å². The summed E-state index contributed by atoms with van der Waals surface area (Å²) in [6.45, 7) is 1.97. The van der Waals surface area contributed by atoms with Gasteiger partial charge in [-0.25, -0.2) is 9.97 Å². The Hall–Kier alpha value is -2.63. The van der Waals surface area contributed by atoms with Crippen molar-refractivity contribution in [3.8, 4) is 5.75 Å². The molecule has 1 aromatic carbocycles. The molecular weight excluding hydrogens is 328 g/mol. The highest BCUT2D eigenvalue weighted by Gasteiger charge is 2.15. The van der Waals surface area contributed by atoms with Crippen molar-refractivity contribution in [2.45, 2.75) is 51.5 Å². The van der Waals surface area contributed by atoms with E-state index in [-0.39, 0.29) is 5.91 Å². The lowest BCUT2D eigenvalue weighted by Gasteiger charge is -2.17. The molecule has 0 bridgehead atoms. The largest absolute Gasteiger partial charge is 0.495 e. The summed E-state index contributed by atoms with van der Waals surface area (Å²) in [5.41, 5.74) is 2.01. The predicted molar refractivity (Wildman–Crippen MR) is 103 cm³/mol. The SMILES string of the molecule is COc1ccc(C)cc1NC(=O)c1cc(NC2CCCCCC2)ncn1. The van der Waals surface area contributed by atoms with E-state index in [9.17, 15) is 4.79 Å². The number of aromatic nitrogens is 2. The summed E-state index contributed by atoms with van der Waals surface area (Å²) in [7, 11) is 1.58. The van der Waals surface area contributed by atoms with Crippen molar-refractivity contribution < 1.29 is 9.53 Å². The van der Waals surface area contributed by atoms with Gasteiger partial charge in [-0.1, -0.05) is 31.7 Å². The number of nitrogens with zero attached hydrogens (tertiary/aromatic N) is 2. The van der Waals surface area contributed by atoms with Crippen LogP contribution in [0.25, 0.3) is 0 Å². The topological polar surface area (TPSA) is 76.1 Å². The lowest BCUT2D eigenvalue weighted by molar-refractivity contribution is 0.102. The standard InChI is InChI=1S/C20H26N4O2/c1-14-9-10-18(26-2)16(11-14)24-20(25)17-12-19(22-13-21-17)23-15-7-5-3-4-6-8-15/h9-13,15H,3-8H2,1-2H3,(H,24,25)(H,21,22,23). The van der Waals surface area contributed by atoms with Crippen LogP contribution in [0.1, 0.15) is 54.6 Å². The Labute approximate surface area is 154 Å². The summed E-state index contributed by atoms with van der Waals surface area (Å²) in [4.78, 5) is 21.0. The molecule has 0 saturated heterocycles. The van der Waals surface area contributed by atoms with E-state index in [1.54, 1.807) is 13.2 Å². The quantitative estimate of drug-likeness (QED) is 0.788. The minimum Gasteiger partial charge on any atom is -0.495 e. The number of benzene rings is 1. The van der Waals surface area contributed by atoms with Gasteiger partial charge in [0.25, 0.3) is 5.91 Å². The normalized spacial score (nSPS) is 15.2. The minimum atomic E-state index is -0.278. The molecule has 0 spiro atoms. The van der Waals surface area contributed by atoms with Crippen LogP contribution in [0.2, 0.25) is 0 Å². The first-order chi connectivity index (χ1) is 12.7. The molecular formula is C20H26N4O2. The summed E-state index contributed by atoms with van der Waals surface area (Å²) in [6, 6.07) is 7.78. The van der Waals surface area contributed by atoms with Crippen LogP contribution in [-0.4, -0.2) is 29.0 Å². The van der Waals surface area contributed by atoms with Crippen LogP contribution in [0.5, 0.6) is 5.75 Å². The molecule has 1 aromatic heterocycles. The molecule has 1 aliphatic carbocycles. The maximum Gasteiger partial charge on any atom is 0.274 e. The van der Waals surface area contributed by atoms with Gasteiger partial charge in [0.15, 0.2) is 0 Å². The maximum atomic E-state index is 12.6. The Morgan fingerprint density at radius 3 is 2.62 bits per heavy atom. The van der Waals surface area contributed by atoms with Crippen molar-refractivity contribution in [1.29, 1.82) is 0 Å². The van der Waals surface area contributed by atoms with Crippen molar-refractivity contribution in [1.82, 2.24) is 9.97 Å². The first-order valence-corrected chi connectivity index (χ1v) is 9.20. The smallest absolute Gasteiger partial charge is 0.274 e. The highest BCUT2D eigenvalue weighted by atomic mass is 16.5. The van der Waals surface area contributed by atoms with Crippen LogP contribution in [-0.2, 0) is 0 Å². The van der Waals surface area contributed by atoms with Gasteiger partial charge >= 0.3 is 0 Å². The summed E-state index contributed by atoms with van der Waals surface area (Å²) in [5.74, 6) is 1.04. The Morgan fingerprint density at radius 2 is 1.88 bits per heavy atom. The van der Waals surface area contributed by atoms with Crippen LogP contribution in [0.3, 0.4) is 0 Å². The summed E-state index contributed by atoms with van der Waals surface area (Å²) >= 11 is 0. The van der Waals surface area contributed by atoms with Gasteiger partial charge in [-0.05, 0) is 37.5 Å². The number of ether oxygens (including phenoxy) is 1. The second-order valence-electron chi connectivity index (χ2n) is 6.78. The molecule has 1 amide bonds. The Morgan fingerprint density at radius 1 is 1.12 bits per heavy atom. The third kappa shape index (κ3) is 4.71. The van der Waals surface area contributed by atoms with Crippen molar-refractivity contribution in [2.75, 3.05) is 17.7 Å². The molecule has 1 aliphatic rings. The molecule has 6 nitrogen and oxygen atoms in total. The van der Waals surface area contributed by atoms with Gasteiger partial charge in [-0.15, -0.1) is 0 Å². The van der Waals surface area contributed by atoms with Crippen molar-refractivity contribution in [3.63, 3.8) is 0 Å². The van der Waals surface area contributed by atoms with Gasteiger partial charge in [-0.2, -0.15) is 0 Å². The van der Waals surface area contributed by atoms with Gasteiger partial charge in [-0.3, -0.25) is 4.79 Å². The molecule has 0 unspecified atom stereocenters. The molecule has 1 heterocycles. The molecule has 2 aromatic rings. The van der Waals surface area contributed by atoms with Gasteiger partial charge < -0.3 is 15.4 Å². The van der Waals surface area contributed by atoms with E-state index in [4.69, 9.17) is 4.74 Å². The molecule has 1 fully saturated rings. The number of anilines is 2. The Bertz CT molecular complexity index is 755. The van der Waals surface area contributed by atoms with Crippen LogP contribution < -0.4 is 15.4 Å². The van der Waals surface area contributed by atoms with E-state index in [1.165, 1.54) is 32.0 Å². The predicted octanol–water partition coefficient (Wildman–Crippen LogP) is 4.18. The highest BCUT2D eigenvalue weighted by molar-refractivity contribution is 6.04.